The van der Waals surface area contributed by atoms with Gasteiger partial charge in [0.1, 0.15) is 11.8 Å². The number of hydrogen-bond donors (Lipinski definition) is 1. The van der Waals surface area contributed by atoms with Crippen molar-refractivity contribution in [2.75, 3.05) is 13.7 Å². The highest BCUT2D eigenvalue weighted by Gasteiger charge is 2.58. The molecule has 3 heterocycles. The zero-order chi connectivity index (χ0) is 9.87. The van der Waals surface area contributed by atoms with Gasteiger partial charge in [-0.3, -0.25) is 4.79 Å². The smallest absolute Gasteiger partial charge is 0.246 e. The first-order chi connectivity index (χ1) is 6.74. The molecule has 4 heteroatoms. The topological polar surface area (TPSA) is 41.6 Å². The molecule has 76 valence electrons. The van der Waals surface area contributed by atoms with Crippen molar-refractivity contribution < 1.29 is 9.53 Å². The third-order valence-electron chi connectivity index (χ3n) is 3.68. The number of ether oxygens (including phenoxy) is 1. The molecule has 1 N–H and O–H groups in total. The molecule has 0 aromatic carbocycles. The fraction of sp³-hybridized carbons (Fsp3) is 0.700. The van der Waals surface area contributed by atoms with E-state index in [1.165, 1.54) is 0 Å². The minimum absolute atomic E-state index is 0.0911. The summed E-state index contributed by atoms with van der Waals surface area (Å²) in [6, 6.07) is 0.495. The van der Waals surface area contributed by atoms with E-state index in [1.54, 1.807) is 7.11 Å². The van der Waals surface area contributed by atoms with Crippen LogP contribution in [0.15, 0.2) is 11.5 Å². The summed E-state index contributed by atoms with van der Waals surface area (Å²) in [4.78, 5) is 13.6. The van der Waals surface area contributed by atoms with Gasteiger partial charge in [-0.15, -0.1) is 0 Å². The number of nitrogens with one attached hydrogen (secondary N) is 1. The van der Waals surface area contributed by atoms with E-state index >= 15 is 0 Å². The van der Waals surface area contributed by atoms with Gasteiger partial charge >= 0.3 is 0 Å². The first-order valence-electron chi connectivity index (χ1n) is 5.04. The molecule has 0 aromatic rings. The molecule has 2 fully saturated rings. The summed E-state index contributed by atoms with van der Waals surface area (Å²) in [6.07, 6.45) is 0.972. The van der Waals surface area contributed by atoms with Crippen LogP contribution in [0, 0.1) is 5.92 Å². The quantitative estimate of drug-likeness (QED) is 0.600. The Morgan fingerprint density at radius 1 is 1.57 bits per heavy atom. The average Bonchev–Trinajstić information content (AvgIpc) is 2.56. The van der Waals surface area contributed by atoms with Gasteiger partial charge in [-0.25, -0.2) is 0 Å². The highest BCUT2D eigenvalue weighted by molar-refractivity contribution is 5.92. The fourth-order valence-corrected chi connectivity index (χ4v) is 2.93. The Labute approximate surface area is 82.9 Å². The Bertz CT molecular complexity index is 337. The molecule has 3 aliphatic heterocycles. The van der Waals surface area contributed by atoms with E-state index in [-0.39, 0.29) is 11.9 Å². The molecule has 0 saturated carbocycles. The van der Waals surface area contributed by atoms with Gasteiger partial charge in [0.25, 0.3) is 0 Å². The second-order valence-corrected chi connectivity index (χ2v) is 4.26. The van der Waals surface area contributed by atoms with Crippen LogP contribution in [-0.4, -0.2) is 36.5 Å². The molecule has 0 aromatic heterocycles. The van der Waals surface area contributed by atoms with Gasteiger partial charge in [-0.05, 0) is 6.92 Å². The maximum absolute atomic E-state index is 11.7. The van der Waals surface area contributed by atoms with E-state index in [0.717, 1.165) is 24.4 Å². The second kappa shape index (κ2) is 2.51. The lowest BCUT2D eigenvalue weighted by Gasteiger charge is -2.48. The van der Waals surface area contributed by atoms with E-state index in [1.807, 2.05) is 11.8 Å². The number of methoxy groups -OCH3 is 1. The zero-order valence-electron chi connectivity index (χ0n) is 8.41. The predicted molar refractivity (Wildman–Crippen MR) is 50.2 cm³/mol. The van der Waals surface area contributed by atoms with E-state index in [0.29, 0.717) is 12.0 Å². The number of β-lactam (4-membered cyclic amide) rings is 1. The van der Waals surface area contributed by atoms with Gasteiger partial charge < -0.3 is 15.0 Å². The van der Waals surface area contributed by atoms with Gasteiger partial charge in [0.05, 0.1) is 18.8 Å². The molecule has 3 atom stereocenters. The van der Waals surface area contributed by atoms with Crippen LogP contribution in [0.3, 0.4) is 0 Å². The highest BCUT2D eigenvalue weighted by atomic mass is 16.5. The molecule has 1 amide bonds. The Hall–Kier alpha value is -1.03. The Balaban J connectivity index is 2.01. The summed E-state index contributed by atoms with van der Waals surface area (Å²) in [7, 11) is 1.68. The maximum atomic E-state index is 11.7. The Morgan fingerprint density at radius 3 is 3.07 bits per heavy atom. The summed E-state index contributed by atoms with van der Waals surface area (Å²) in [5.41, 5.74) is 1.01. The molecule has 4 nitrogen and oxygen atoms in total. The van der Waals surface area contributed by atoms with Gasteiger partial charge in [0, 0.05) is 18.9 Å². The summed E-state index contributed by atoms with van der Waals surface area (Å²) in [5, 5.41) is 3.27. The molecular formula is C10H14N2O2. The zero-order valence-corrected chi connectivity index (χ0v) is 8.41. The molecule has 0 radical (unpaired) electrons. The van der Waals surface area contributed by atoms with E-state index in [4.69, 9.17) is 4.74 Å². The van der Waals surface area contributed by atoms with Crippen molar-refractivity contribution in [3.63, 3.8) is 0 Å². The first kappa shape index (κ1) is 8.29. The summed E-state index contributed by atoms with van der Waals surface area (Å²) < 4.78 is 5.31. The third kappa shape index (κ3) is 0.756. The summed E-state index contributed by atoms with van der Waals surface area (Å²) in [6.45, 7) is 2.92. The predicted octanol–water partition coefficient (Wildman–Crippen LogP) is 0.0668. The molecule has 14 heavy (non-hydrogen) atoms. The van der Waals surface area contributed by atoms with Gasteiger partial charge in [0.15, 0.2) is 0 Å². The van der Waals surface area contributed by atoms with Crippen LogP contribution in [0.2, 0.25) is 0 Å². The third-order valence-corrected chi connectivity index (χ3v) is 3.68. The number of rotatable bonds is 1. The molecule has 0 spiro atoms. The second-order valence-electron chi connectivity index (χ2n) is 4.26. The fourth-order valence-electron chi connectivity index (χ4n) is 2.93. The highest BCUT2D eigenvalue weighted by Crippen LogP contribution is 2.42. The van der Waals surface area contributed by atoms with E-state index in [2.05, 4.69) is 5.32 Å². The summed E-state index contributed by atoms with van der Waals surface area (Å²) >= 11 is 0. The largest absolute Gasteiger partial charge is 0.499 e. The van der Waals surface area contributed by atoms with Crippen molar-refractivity contribution in [2.24, 2.45) is 5.92 Å². The minimum atomic E-state index is 0.0911. The number of amides is 1. The number of hydrogen-bond acceptors (Lipinski definition) is 3. The monoisotopic (exact) mass is 194 g/mol. The number of carbonyl (C=O) groups is 1. The number of nitrogens with zero attached hydrogens (tertiary/aromatic N) is 1. The van der Waals surface area contributed by atoms with Crippen LogP contribution >= 0.6 is 0 Å². The van der Waals surface area contributed by atoms with Gasteiger partial charge in [-0.2, -0.15) is 0 Å². The lowest BCUT2D eigenvalue weighted by Crippen LogP contribution is -2.67. The first-order valence-corrected chi connectivity index (χ1v) is 5.04. The van der Waals surface area contributed by atoms with E-state index < -0.39 is 0 Å². The molecule has 2 saturated heterocycles. The normalized spacial score (nSPS) is 39.7. The molecule has 3 rings (SSSR count). The Kier molecular flexibility index (Phi) is 1.49. The van der Waals surface area contributed by atoms with Gasteiger partial charge in [-0.1, -0.05) is 0 Å². The number of allylic oxidation sites excluding steroid dienone is 2. The van der Waals surface area contributed by atoms with Crippen LogP contribution < -0.4 is 5.32 Å². The van der Waals surface area contributed by atoms with Crippen molar-refractivity contribution in [2.45, 2.75) is 25.4 Å². The molecule has 0 bridgehead atoms. The van der Waals surface area contributed by atoms with Crippen molar-refractivity contribution in [1.82, 2.24) is 10.2 Å². The van der Waals surface area contributed by atoms with Crippen molar-refractivity contribution in [3.8, 4) is 0 Å². The van der Waals surface area contributed by atoms with Crippen LogP contribution in [0.1, 0.15) is 13.3 Å². The van der Waals surface area contributed by atoms with Gasteiger partial charge in [0.2, 0.25) is 5.91 Å². The average molecular weight is 194 g/mol. The van der Waals surface area contributed by atoms with Crippen LogP contribution in [0.25, 0.3) is 0 Å². The maximum Gasteiger partial charge on any atom is 0.246 e. The summed E-state index contributed by atoms with van der Waals surface area (Å²) in [5.74, 6) is 1.74. The van der Waals surface area contributed by atoms with Crippen LogP contribution in [0.5, 0.6) is 0 Å². The van der Waals surface area contributed by atoms with Crippen molar-refractivity contribution in [3.05, 3.63) is 11.5 Å². The standard InChI is InChI=1S/C10H14N2O2/c1-5-7(14-2)3-6-4-11-8-9(6)12(5)10(8)13/h6,8-9,11H,3-4H2,1-2H3/t6?,8?,9-/m1/s1. The van der Waals surface area contributed by atoms with Crippen molar-refractivity contribution in [1.29, 1.82) is 0 Å². The van der Waals surface area contributed by atoms with Crippen LogP contribution in [0.4, 0.5) is 0 Å². The van der Waals surface area contributed by atoms with E-state index in [9.17, 15) is 4.79 Å². The molecule has 0 aliphatic carbocycles. The van der Waals surface area contributed by atoms with Crippen molar-refractivity contribution >= 4 is 5.91 Å². The Morgan fingerprint density at radius 2 is 2.36 bits per heavy atom. The number of carbonyl (C=O) groups excluding carboxylic acids is 1. The lowest BCUT2D eigenvalue weighted by molar-refractivity contribution is -0.147. The molecular weight excluding hydrogens is 180 g/mol. The van der Waals surface area contributed by atoms with Crippen LogP contribution in [-0.2, 0) is 9.53 Å². The lowest BCUT2D eigenvalue weighted by atomic mass is 9.82. The SMILES string of the molecule is COC1=C(C)N2C(=O)C3NCC(C1)[C@H]32. The minimum Gasteiger partial charge on any atom is -0.499 e. The molecule has 3 aliphatic rings. The molecule has 2 unspecified atom stereocenters.